The van der Waals surface area contributed by atoms with E-state index in [4.69, 9.17) is 0 Å². The summed E-state index contributed by atoms with van der Waals surface area (Å²) < 4.78 is 0. The normalized spacial score (nSPS) is 24.3. The minimum absolute atomic E-state index is 0.0419. The second-order valence-electron chi connectivity index (χ2n) is 11.8. The summed E-state index contributed by atoms with van der Waals surface area (Å²) in [6, 6.07) is 19.1. The Hall–Kier alpha value is -3.19. The van der Waals surface area contributed by atoms with Crippen LogP contribution < -0.4 is 10.6 Å². The molecule has 3 aliphatic rings. The molecule has 40 heavy (non-hydrogen) atoms. The van der Waals surface area contributed by atoms with Crippen LogP contribution in [0, 0.1) is 0 Å². The predicted octanol–water partition coefficient (Wildman–Crippen LogP) is 4.57. The van der Waals surface area contributed by atoms with Gasteiger partial charge in [-0.1, -0.05) is 86.3 Å². The van der Waals surface area contributed by atoms with Crippen molar-refractivity contribution in [3.05, 3.63) is 71.8 Å². The van der Waals surface area contributed by atoms with Gasteiger partial charge in [0.2, 0.25) is 17.7 Å². The van der Waals surface area contributed by atoms with Crippen LogP contribution in [0.25, 0.3) is 0 Å². The molecule has 0 spiro atoms. The van der Waals surface area contributed by atoms with E-state index in [1.54, 1.807) is 14.0 Å². The van der Waals surface area contributed by atoms with E-state index in [-0.39, 0.29) is 41.9 Å². The second kappa shape index (κ2) is 13.0. The van der Waals surface area contributed by atoms with Gasteiger partial charge in [-0.15, -0.1) is 0 Å². The lowest BCUT2D eigenvalue weighted by Crippen LogP contribution is -2.59. The molecule has 7 nitrogen and oxygen atoms in total. The van der Waals surface area contributed by atoms with Crippen LogP contribution in [0.1, 0.15) is 88.3 Å². The van der Waals surface area contributed by atoms with E-state index in [1.807, 2.05) is 41.3 Å². The summed E-state index contributed by atoms with van der Waals surface area (Å²) in [6.07, 6.45) is 9.08. The minimum atomic E-state index is -0.599. The Morgan fingerprint density at radius 1 is 0.825 bits per heavy atom. The molecule has 5 rings (SSSR count). The molecule has 3 fully saturated rings. The number of fused-ring (bicyclic) bond motifs is 1. The zero-order valence-corrected chi connectivity index (χ0v) is 23.9. The van der Waals surface area contributed by atoms with Gasteiger partial charge in [0.15, 0.2) is 0 Å². The Bertz CT molecular complexity index is 1110. The van der Waals surface area contributed by atoms with Gasteiger partial charge in [-0.25, -0.2) is 0 Å². The zero-order valence-electron chi connectivity index (χ0n) is 23.9. The number of hydrogen-bond donors (Lipinski definition) is 2. The van der Waals surface area contributed by atoms with Gasteiger partial charge in [0.25, 0.3) is 0 Å². The van der Waals surface area contributed by atoms with E-state index >= 15 is 0 Å². The molecule has 2 heterocycles. The number of carbonyl (C=O) groups excluding carboxylic acids is 3. The molecule has 2 aromatic carbocycles. The van der Waals surface area contributed by atoms with Crippen molar-refractivity contribution in [1.82, 2.24) is 20.4 Å². The van der Waals surface area contributed by atoms with Crippen molar-refractivity contribution in [3.63, 3.8) is 0 Å². The van der Waals surface area contributed by atoms with E-state index in [0.717, 1.165) is 62.5 Å². The number of hydrogen-bond acceptors (Lipinski definition) is 4. The van der Waals surface area contributed by atoms with Crippen molar-refractivity contribution in [2.45, 2.75) is 107 Å². The molecule has 214 valence electrons. The zero-order chi connectivity index (χ0) is 28.1. The van der Waals surface area contributed by atoms with Crippen molar-refractivity contribution in [1.29, 1.82) is 0 Å². The summed E-state index contributed by atoms with van der Waals surface area (Å²) >= 11 is 0. The molecular formula is C33H44N4O3. The molecule has 3 amide bonds. The number of benzene rings is 2. The van der Waals surface area contributed by atoms with E-state index in [1.165, 1.54) is 0 Å². The van der Waals surface area contributed by atoms with Crippen molar-refractivity contribution >= 4 is 17.7 Å². The molecule has 0 aromatic heterocycles. The summed E-state index contributed by atoms with van der Waals surface area (Å²) in [6.45, 7) is 1.79. The highest BCUT2D eigenvalue weighted by Crippen LogP contribution is 2.39. The summed E-state index contributed by atoms with van der Waals surface area (Å²) in [4.78, 5) is 45.7. The molecule has 2 aliphatic heterocycles. The third-order valence-electron chi connectivity index (χ3n) is 9.24. The van der Waals surface area contributed by atoms with E-state index in [9.17, 15) is 14.4 Å². The van der Waals surface area contributed by atoms with Gasteiger partial charge >= 0.3 is 0 Å². The number of rotatable bonds is 8. The fraction of sp³-hybridized carbons (Fsp3) is 0.545. The molecule has 1 unspecified atom stereocenters. The van der Waals surface area contributed by atoms with Gasteiger partial charge in [0.05, 0.1) is 12.1 Å². The maximum atomic E-state index is 14.8. The number of carbonyl (C=O) groups is 3. The molecule has 1 saturated carbocycles. The van der Waals surface area contributed by atoms with E-state index in [2.05, 4.69) is 39.8 Å². The van der Waals surface area contributed by atoms with Crippen LogP contribution in [0.3, 0.4) is 0 Å². The van der Waals surface area contributed by atoms with Crippen LogP contribution in [0.2, 0.25) is 0 Å². The fourth-order valence-electron chi connectivity index (χ4n) is 6.99. The first-order chi connectivity index (χ1) is 19.5. The number of likely N-dealkylation sites (N-methyl/N-ethyl adjacent to an activating group) is 1. The van der Waals surface area contributed by atoms with Crippen LogP contribution in [0.15, 0.2) is 60.7 Å². The molecule has 2 aromatic rings. The first-order valence-corrected chi connectivity index (χ1v) is 15.2. The molecule has 2 saturated heterocycles. The van der Waals surface area contributed by atoms with Crippen molar-refractivity contribution in [3.8, 4) is 0 Å². The van der Waals surface area contributed by atoms with Gasteiger partial charge in [-0.3, -0.25) is 14.4 Å². The van der Waals surface area contributed by atoms with Gasteiger partial charge in [-0.2, -0.15) is 0 Å². The van der Waals surface area contributed by atoms with Gasteiger partial charge in [0, 0.05) is 12.1 Å². The summed E-state index contributed by atoms with van der Waals surface area (Å²) in [7, 11) is 1.74. The lowest BCUT2D eigenvalue weighted by molar-refractivity contribution is -0.150. The quantitative estimate of drug-likeness (QED) is 0.510. The molecule has 0 bridgehead atoms. The number of nitrogens with zero attached hydrogens (tertiary/aromatic N) is 2. The molecule has 4 atom stereocenters. The third-order valence-corrected chi connectivity index (χ3v) is 9.24. The summed E-state index contributed by atoms with van der Waals surface area (Å²) in [5.41, 5.74) is 2.18. The summed E-state index contributed by atoms with van der Waals surface area (Å²) in [5.74, 6) is -0.227. The van der Waals surface area contributed by atoms with E-state index < -0.39 is 12.1 Å². The second-order valence-corrected chi connectivity index (χ2v) is 11.8. The van der Waals surface area contributed by atoms with Crippen molar-refractivity contribution < 1.29 is 14.4 Å². The molecule has 2 N–H and O–H groups in total. The largest absolute Gasteiger partial charge is 0.343 e. The lowest BCUT2D eigenvalue weighted by atomic mass is 9.94. The Morgan fingerprint density at radius 2 is 1.40 bits per heavy atom. The van der Waals surface area contributed by atoms with Crippen LogP contribution in [0.5, 0.6) is 0 Å². The smallest absolute Gasteiger partial charge is 0.246 e. The molecule has 0 radical (unpaired) electrons. The van der Waals surface area contributed by atoms with Gasteiger partial charge in [0.1, 0.15) is 12.1 Å². The van der Waals surface area contributed by atoms with E-state index in [0.29, 0.717) is 12.8 Å². The van der Waals surface area contributed by atoms with Crippen molar-refractivity contribution in [2.24, 2.45) is 0 Å². The maximum Gasteiger partial charge on any atom is 0.246 e. The van der Waals surface area contributed by atoms with Gasteiger partial charge < -0.3 is 20.4 Å². The summed E-state index contributed by atoms with van der Waals surface area (Å²) in [5, 5.41) is 5.96. The Balaban J connectivity index is 1.50. The SMILES string of the molecule is CN[C@@H](C)C(=O)NC1CCCC[C@H]2CC[C@@H](C(=O)N(C3CCCC3)C(c3ccccc3)c3ccccc3)N2C1=O. The van der Waals surface area contributed by atoms with Crippen molar-refractivity contribution in [2.75, 3.05) is 7.05 Å². The number of amides is 3. The van der Waals surface area contributed by atoms with Crippen LogP contribution >= 0.6 is 0 Å². The average molecular weight is 545 g/mol. The predicted molar refractivity (Wildman–Crippen MR) is 156 cm³/mol. The molecular weight excluding hydrogens is 500 g/mol. The topological polar surface area (TPSA) is 81.8 Å². The maximum absolute atomic E-state index is 14.8. The van der Waals surface area contributed by atoms with Crippen LogP contribution in [0.4, 0.5) is 0 Å². The Morgan fingerprint density at radius 3 is 2.00 bits per heavy atom. The third kappa shape index (κ3) is 5.95. The van der Waals surface area contributed by atoms with Gasteiger partial charge in [-0.05, 0) is 63.6 Å². The highest BCUT2D eigenvalue weighted by Gasteiger charge is 2.47. The first-order valence-electron chi connectivity index (χ1n) is 15.2. The molecule has 1 aliphatic carbocycles. The molecule has 7 heteroatoms. The Labute approximate surface area is 238 Å². The minimum Gasteiger partial charge on any atom is -0.343 e. The first kappa shape index (κ1) is 28.3. The van der Waals surface area contributed by atoms with Crippen LogP contribution in [-0.4, -0.2) is 64.8 Å². The highest BCUT2D eigenvalue weighted by molar-refractivity contribution is 5.94. The number of nitrogens with one attached hydrogen (secondary N) is 2. The highest BCUT2D eigenvalue weighted by atomic mass is 16.2. The monoisotopic (exact) mass is 544 g/mol. The van der Waals surface area contributed by atoms with Crippen LogP contribution in [-0.2, 0) is 14.4 Å². The average Bonchev–Trinajstić information content (AvgIpc) is 3.66. The lowest BCUT2D eigenvalue weighted by Gasteiger charge is -2.42. The fourth-order valence-corrected chi connectivity index (χ4v) is 6.99. The Kier molecular flexibility index (Phi) is 9.20. The standard InChI is InChI=1S/C33H44N4O3/c1-23(34-2)31(38)35-28-20-12-11-19-27-21-22-29(36(27)32(28)39)33(40)37(26-17-9-10-18-26)30(24-13-5-3-6-14-24)25-15-7-4-8-16-25/h3-8,13-16,23,26-30,34H,9-12,17-22H2,1-2H3,(H,35,38)/t23-,27-,28?,29-/m0/s1.